The third kappa shape index (κ3) is 2.80. The zero-order valence-corrected chi connectivity index (χ0v) is 11.0. The first-order valence-electron chi connectivity index (χ1n) is 6.92. The van der Waals surface area contributed by atoms with E-state index in [1.165, 1.54) is 12.8 Å². The second-order valence-electron chi connectivity index (χ2n) is 5.49. The number of rotatable bonds is 8. The summed E-state index contributed by atoms with van der Waals surface area (Å²) in [5.41, 5.74) is 5.25. The van der Waals surface area contributed by atoms with Crippen LogP contribution in [0, 0.1) is 5.92 Å². The highest BCUT2D eigenvalue weighted by atomic mass is 16.1. The second-order valence-corrected chi connectivity index (χ2v) is 5.49. The van der Waals surface area contributed by atoms with Crippen molar-refractivity contribution in [3.63, 3.8) is 0 Å². The van der Waals surface area contributed by atoms with Crippen LogP contribution in [0.3, 0.4) is 0 Å². The van der Waals surface area contributed by atoms with Crippen LogP contribution < -0.4 is 11.1 Å². The summed E-state index contributed by atoms with van der Waals surface area (Å²) in [6.07, 6.45) is 4.67. The molecule has 3 N–H and O–H groups in total. The molecule has 2 rings (SSSR count). The number of hydrogen-bond acceptors (Lipinski definition) is 3. The molecule has 2 aliphatic carbocycles. The van der Waals surface area contributed by atoms with Crippen LogP contribution in [0.2, 0.25) is 0 Å². The van der Waals surface area contributed by atoms with E-state index in [2.05, 4.69) is 24.1 Å². The van der Waals surface area contributed by atoms with Crippen molar-refractivity contribution in [2.75, 3.05) is 19.6 Å². The Morgan fingerprint density at radius 3 is 2.24 bits per heavy atom. The van der Waals surface area contributed by atoms with Gasteiger partial charge in [0.1, 0.15) is 5.54 Å². The van der Waals surface area contributed by atoms with E-state index in [-0.39, 0.29) is 5.91 Å². The van der Waals surface area contributed by atoms with Crippen LogP contribution in [0.1, 0.15) is 39.5 Å². The Morgan fingerprint density at radius 2 is 1.88 bits per heavy atom. The fourth-order valence-electron chi connectivity index (χ4n) is 2.61. The number of amides is 1. The highest BCUT2D eigenvalue weighted by Crippen LogP contribution is 2.42. The largest absolute Gasteiger partial charge is 0.368 e. The maximum absolute atomic E-state index is 12.0. The lowest BCUT2D eigenvalue weighted by atomic mass is 9.91. The van der Waals surface area contributed by atoms with Gasteiger partial charge in [-0.25, -0.2) is 0 Å². The highest BCUT2D eigenvalue weighted by Gasteiger charge is 2.52. The lowest BCUT2D eigenvalue weighted by molar-refractivity contribution is -0.126. The van der Waals surface area contributed by atoms with Gasteiger partial charge in [0.05, 0.1) is 0 Å². The SMILES string of the molecule is CCN(CC)CC(NC1CC1)(C(N)=O)C1CC1. The van der Waals surface area contributed by atoms with E-state index in [0.717, 1.165) is 32.5 Å². The van der Waals surface area contributed by atoms with E-state index in [1.807, 2.05) is 0 Å². The van der Waals surface area contributed by atoms with Crippen LogP contribution in [-0.4, -0.2) is 42.0 Å². The number of carbonyl (C=O) groups is 1. The van der Waals surface area contributed by atoms with Crippen molar-refractivity contribution in [2.24, 2.45) is 11.7 Å². The molecule has 0 radical (unpaired) electrons. The molecule has 0 aromatic rings. The maximum Gasteiger partial charge on any atom is 0.239 e. The summed E-state index contributed by atoms with van der Waals surface area (Å²) in [7, 11) is 0. The molecule has 17 heavy (non-hydrogen) atoms. The van der Waals surface area contributed by atoms with Crippen LogP contribution in [-0.2, 0) is 4.79 Å². The summed E-state index contributed by atoms with van der Waals surface area (Å²) in [6.45, 7) is 7.00. The number of nitrogens with one attached hydrogen (secondary N) is 1. The first-order chi connectivity index (χ1) is 8.12. The number of likely N-dealkylation sites (N-methyl/N-ethyl adjacent to an activating group) is 1. The Labute approximate surface area is 104 Å². The number of nitrogens with two attached hydrogens (primary N) is 1. The van der Waals surface area contributed by atoms with E-state index in [1.54, 1.807) is 0 Å². The topological polar surface area (TPSA) is 58.4 Å². The van der Waals surface area contributed by atoms with Gasteiger partial charge in [-0.3, -0.25) is 10.1 Å². The number of primary amides is 1. The summed E-state index contributed by atoms with van der Waals surface area (Å²) in [5.74, 6) is 0.306. The van der Waals surface area contributed by atoms with Gasteiger partial charge in [0.25, 0.3) is 0 Å². The van der Waals surface area contributed by atoms with Gasteiger partial charge in [-0.1, -0.05) is 13.8 Å². The van der Waals surface area contributed by atoms with Crippen LogP contribution in [0.25, 0.3) is 0 Å². The average molecular weight is 239 g/mol. The quantitative estimate of drug-likeness (QED) is 0.656. The minimum atomic E-state index is -0.465. The lowest BCUT2D eigenvalue weighted by Crippen LogP contribution is -2.63. The molecule has 0 bridgehead atoms. The Kier molecular flexibility index (Phi) is 3.73. The van der Waals surface area contributed by atoms with Crippen molar-refractivity contribution in [3.8, 4) is 0 Å². The zero-order valence-electron chi connectivity index (χ0n) is 11.0. The van der Waals surface area contributed by atoms with Gasteiger partial charge in [-0.15, -0.1) is 0 Å². The molecular weight excluding hydrogens is 214 g/mol. The molecule has 0 saturated heterocycles. The smallest absolute Gasteiger partial charge is 0.239 e. The summed E-state index contributed by atoms with van der Waals surface area (Å²) < 4.78 is 0. The molecule has 4 nitrogen and oxygen atoms in total. The van der Waals surface area contributed by atoms with E-state index < -0.39 is 5.54 Å². The van der Waals surface area contributed by atoms with Crippen molar-refractivity contribution >= 4 is 5.91 Å². The first-order valence-corrected chi connectivity index (χ1v) is 6.92. The standard InChI is InChI=1S/C13H25N3O/c1-3-16(4-2)9-13(12(14)17,10-5-6-10)15-11-7-8-11/h10-11,15H,3-9H2,1-2H3,(H2,14,17). The summed E-state index contributed by atoms with van der Waals surface area (Å²) in [5, 5.41) is 3.55. The predicted octanol–water partition coefficient (Wildman–Crippen LogP) is 0.714. The van der Waals surface area contributed by atoms with Crippen molar-refractivity contribution in [3.05, 3.63) is 0 Å². The lowest BCUT2D eigenvalue weighted by Gasteiger charge is -2.36. The minimum Gasteiger partial charge on any atom is -0.368 e. The molecule has 1 amide bonds. The monoisotopic (exact) mass is 239 g/mol. The van der Waals surface area contributed by atoms with Gasteiger partial charge < -0.3 is 10.6 Å². The van der Waals surface area contributed by atoms with Crippen molar-refractivity contribution < 1.29 is 4.79 Å². The van der Waals surface area contributed by atoms with Crippen molar-refractivity contribution in [2.45, 2.75) is 51.1 Å². The Hall–Kier alpha value is -0.610. The van der Waals surface area contributed by atoms with E-state index in [9.17, 15) is 4.79 Å². The van der Waals surface area contributed by atoms with Crippen molar-refractivity contribution in [1.82, 2.24) is 10.2 Å². The summed E-state index contributed by atoms with van der Waals surface area (Å²) in [4.78, 5) is 14.3. The molecule has 1 unspecified atom stereocenters. The fourth-order valence-corrected chi connectivity index (χ4v) is 2.61. The minimum absolute atomic E-state index is 0.154. The van der Waals surface area contributed by atoms with Crippen molar-refractivity contribution in [1.29, 1.82) is 0 Å². The number of nitrogens with zero attached hydrogens (tertiary/aromatic N) is 1. The third-order valence-electron chi connectivity index (χ3n) is 4.12. The first kappa shape index (κ1) is 12.8. The molecule has 1 atom stereocenters. The average Bonchev–Trinajstić information content (AvgIpc) is 3.16. The highest BCUT2D eigenvalue weighted by molar-refractivity contribution is 5.86. The Morgan fingerprint density at radius 1 is 1.29 bits per heavy atom. The summed E-state index contributed by atoms with van der Waals surface area (Å²) >= 11 is 0. The van der Waals surface area contributed by atoms with E-state index in [4.69, 9.17) is 5.73 Å². The van der Waals surface area contributed by atoms with Crippen LogP contribution in [0.15, 0.2) is 0 Å². The molecule has 0 aromatic carbocycles. The van der Waals surface area contributed by atoms with Gasteiger partial charge >= 0.3 is 0 Å². The molecule has 0 spiro atoms. The molecule has 0 aliphatic heterocycles. The van der Waals surface area contributed by atoms with Crippen LogP contribution in [0.4, 0.5) is 0 Å². The van der Waals surface area contributed by atoms with Gasteiger partial charge in [0, 0.05) is 12.6 Å². The molecule has 0 heterocycles. The normalized spacial score (nSPS) is 23.7. The van der Waals surface area contributed by atoms with Gasteiger partial charge in [-0.2, -0.15) is 0 Å². The van der Waals surface area contributed by atoms with E-state index in [0.29, 0.717) is 12.0 Å². The molecule has 4 heteroatoms. The van der Waals surface area contributed by atoms with Gasteiger partial charge in [0.15, 0.2) is 0 Å². The molecule has 2 aliphatic rings. The second kappa shape index (κ2) is 4.94. The Balaban J connectivity index is 2.10. The van der Waals surface area contributed by atoms with Crippen LogP contribution in [0.5, 0.6) is 0 Å². The molecule has 98 valence electrons. The molecular formula is C13H25N3O. The van der Waals surface area contributed by atoms with Gasteiger partial charge in [0.2, 0.25) is 5.91 Å². The third-order valence-corrected chi connectivity index (χ3v) is 4.12. The van der Waals surface area contributed by atoms with Gasteiger partial charge in [-0.05, 0) is 44.7 Å². The Bertz CT molecular complexity index is 282. The summed E-state index contributed by atoms with van der Waals surface area (Å²) in [6, 6.07) is 0.527. The number of hydrogen-bond donors (Lipinski definition) is 2. The maximum atomic E-state index is 12.0. The zero-order chi connectivity index (χ0) is 12.5. The van der Waals surface area contributed by atoms with E-state index >= 15 is 0 Å². The fraction of sp³-hybridized carbons (Fsp3) is 0.923. The van der Waals surface area contributed by atoms with Crippen LogP contribution >= 0.6 is 0 Å². The number of carbonyl (C=O) groups excluding carboxylic acids is 1. The molecule has 2 saturated carbocycles. The molecule has 0 aromatic heterocycles. The molecule has 2 fully saturated rings. The predicted molar refractivity (Wildman–Crippen MR) is 68.6 cm³/mol.